The van der Waals surface area contributed by atoms with Crippen LogP contribution in [0, 0.1) is 5.92 Å². The molecule has 0 radical (unpaired) electrons. The zero-order valence-electron chi connectivity index (χ0n) is 12.6. The Labute approximate surface area is 126 Å². The Morgan fingerprint density at radius 2 is 2.00 bits per heavy atom. The van der Waals surface area contributed by atoms with E-state index in [4.69, 9.17) is 9.47 Å². The maximum atomic E-state index is 12.4. The smallest absolute Gasteiger partial charge is 0.253 e. The quantitative estimate of drug-likeness (QED) is 0.597. The third kappa shape index (κ3) is 4.33. The van der Waals surface area contributed by atoms with E-state index in [1.165, 1.54) is 0 Å². The van der Waals surface area contributed by atoms with Gasteiger partial charge in [-0.05, 0) is 43.0 Å². The molecule has 2 rings (SSSR count). The number of methoxy groups -OCH3 is 1. The Morgan fingerprint density at radius 3 is 2.57 bits per heavy atom. The molecule has 0 spiro atoms. The zero-order chi connectivity index (χ0) is 15.1. The fourth-order valence-corrected chi connectivity index (χ4v) is 2.54. The van der Waals surface area contributed by atoms with Crippen LogP contribution >= 0.6 is 0 Å². The fourth-order valence-electron chi connectivity index (χ4n) is 2.54. The van der Waals surface area contributed by atoms with Crippen molar-refractivity contribution in [2.75, 3.05) is 33.4 Å². The number of ether oxygens (including phenoxy) is 2. The van der Waals surface area contributed by atoms with Crippen molar-refractivity contribution in [3.63, 3.8) is 0 Å². The Balaban J connectivity index is 1.83. The molecule has 0 N–H and O–H groups in total. The van der Waals surface area contributed by atoms with Crippen LogP contribution in [0.15, 0.2) is 36.9 Å². The van der Waals surface area contributed by atoms with E-state index >= 15 is 0 Å². The Hall–Kier alpha value is -1.81. The molecule has 0 aromatic heterocycles. The van der Waals surface area contributed by atoms with Crippen molar-refractivity contribution in [1.29, 1.82) is 0 Å². The van der Waals surface area contributed by atoms with Gasteiger partial charge in [-0.3, -0.25) is 4.79 Å². The minimum Gasteiger partial charge on any atom is -0.497 e. The lowest BCUT2D eigenvalue weighted by Crippen LogP contribution is -2.39. The normalized spacial score (nSPS) is 15.8. The molecule has 0 saturated carbocycles. The maximum Gasteiger partial charge on any atom is 0.253 e. The van der Waals surface area contributed by atoms with Crippen molar-refractivity contribution >= 4 is 5.91 Å². The van der Waals surface area contributed by atoms with Crippen molar-refractivity contribution in [2.45, 2.75) is 12.8 Å². The van der Waals surface area contributed by atoms with Crippen LogP contribution < -0.4 is 4.74 Å². The number of carbonyl (C=O) groups excluding carboxylic acids is 1. The molecule has 1 aliphatic heterocycles. The van der Waals surface area contributed by atoms with Gasteiger partial charge in [-0.15, -0.1) is 6.58 Å². The van der Waals surface area contributed by atoms with Crippen LogP contribution in [0.25, 0.3) is 0 Å². The van der Waals surface area contributed by atoms with Gasteiger partial charge in [-0.25, -0.2) is 0 Å². The lowest BCUT2D eigenvalue weighted by molar-refractivity contribution is 0.0575. The molecule has 21 heavy (non-hydrogen) atoms. The molecule has 4 heteroatoms. The van der Waals surface area contributed by atoms with E-state index in [0.29, 0.717) is 12.5 Å². The second-order valence-corrected chi connectivity index (χ2v) is 5.29. The van der Waals surface area contributed by atoms with Gasteiger partial charge in [0.2, 0.25) is 0 Å². The van der Waals surface area contributed by atoms with E-state index in [1.807, 2.05) is 29.2 Å². The summed E-state index contributed by atoms with van der Waals surface area (Å²) >= 11 is 0. The number of carbonyl (C=O) groups is 1. The molecule has 1 fully saturated rings. The summed E-state index contributed by atoms with van der Waals surface area (Å²) in [6.07, 6.45) is 3.76. The molecule has 0 atom stereocenters. The monoisotopic (exact) mass is 289 g/mol. The molecule has 1 aromatic carbocycles. The molecule has 1 saturated heterocycles. The highest BCUT2D eigenvalue weighted by Gasteiger charge is 2.23. The molecule has 4 nitrogen and oxygen atoms in total. The number of hydrogen-bond acceptors (Lipinski definition) is 3. The van der Waals surface area contributed by atoms with E-state index in [9.17, 15) is 4.79 Å². The Morgan fingerprint density at radius 1 is 1.33 bits per heavy atom. The van der Waals surface area contributed by atoms with E-state index < -0.39 is 0 Å². The molecule has 1 aliphatic rings. The summed E-state index contributed by atoms with van der Waals surface area (Å²) < 4.78 is 10.6. The second-order valence-electron chi connectivity index (χ2n) is 5.29. The number of piperidine rings is 1. The summed E-state index contributed by atoms with van der Waals surface area (Å²) in [5.41, 5.74) is 0.720. The predicted molar refractivity (Wildman–Crippen MR) is 82.6 cm³/mol. The molecular weight excluding hydrogens is 266 g/mol. The summed E-state index contributed by atoms with van der Waals surface area (Å²) in [7, 11) is 1.62. The van der Waals surface area contributed by atoms with E-state index in [2.05, 4.69) is 6.58 Å². The highest BCUT2D eigenvalue weighted by atomic mass is 16.5. The minimum atomic E-state index is 0.100. The fraction of sp³-hybridized carbons (Fsp3) is 0.471. The van der Waals surface area contributed by atoms with Crippen molar-refractivity contribution in [2.24, 2.45) is 5.92 Å². The van der Waals surface area contributed by atoms with Gasteiger partial charge < -0.3 is 14.4 Å². The van der Waals surface area contributed by atoms with Gasteiger partial charge in [0.15, 0.2) is 0 Å². The van der Waals surface area contributed by atoms with Crippen molar-refractivity contribution in [3.05, 3.63) is 42.5 Å². The SMILES string of the molecule is C=CCOCC1CCN(C(=O)c2ccc(OC)cc2)CC1. The van der Waals surface area contributed by atoms with Crippen molar-refractivity contribution in [3.8, 4) is 5.75 Å². The van der Waals surface area contributed by atoms with E-state index in [1.54, 1.807) is 13.2 Å². The molecule has 1 amide bonds. The lowest BCUT2D eigenvalue weighted by atomic mass is 9.97. The average molecular weight is 289 g/mol. The first-order chi connectivity index (χ1) is 10.2. The number of hydrogen-bond donors (Lipinski definition) is 0. The third-order valence-corrected chi connectivity index (χ3v) is 3.83. The van der Waals surface area contributed by atoms with Gasteiger partial charge in [-0.2, -0.15) is 0 Å². The van der Waals surface area contributed by atoms with Crippen LogP contribution in [-0.4, -0.2) is 44.2 Å². The van der Waals surface area contributed by atoms with Crippen molar-refractivity contribution < 1.29 is 14.3 Å². The third-order valence-electron chi connectivity index (χ3n) is 3.83. The standard InChI is InChI=1S/C17H23NO3/c1-3-12-21-13-14-8-10-18(11-9-14)17(19)15-4-6-16(20-2)7-5-15/h3-7,14H,1,8-13H2,2H3. The average Bonchev–Trinajstić information content (AvgIpc) is 2.55. The summed E-state index contributed by atoms with van der Waals surface area (Å²) in [5, 5.41) is 0. The number of benzene rings is 1. The minimum absolute atomic E-state index is 0.100. The number of amides is 1. The van der Waals surface area contributed by atoms with E-state index in [-0.39, 0.29) is 5.91 Å². The van der Waals surface area contributed by atoms with Crippen LogP contribution in [0.3, 0.4) is 0 Å². The summed E-state index contributed by atoms with van der Waals surface area (Å²) in [6, 6.07) is 7.28. The first kappa shape index (κ1) is 15.6. The first-order valence-corrected chi connectivity index (χ1v) is 7.36. The van der Waals surface area contributed by atoms with Gasteiger partial charge in [0.1, 0.15) is 5.75 Å². The van der Waals surface area contributed by atoms with Crippen LogP contribution in [0.2, 0.25) is 0 Å². The molecule has 114 valence electrons. The molecule has 0 bridgehead atoms. The van der Waals surface area contributed by atoms with Gasteiger partial charge in [-0.1, -0.05) is 6.08 Å². The van der Waals surface area contributed by atoms with Crippen LogP contribution in [0.1, 0.15) is 23.2 Å². The van der Waals surface area contributed by atoms with Gasteiger partial charge in [0.25, 0.3) is 5.91 Å². The molecule has 1 aromatic rings. The van der Waals surface area contributed by atoms with Crippen molar-refractivity contribution in [1.82, 2.24) is 4.90 Å². The topological polar surface area (TPSA) is 38.8 Å². The second kappa shape index (κ2) is 7.84. The van der Waals surface area contributed by atoms with Gasteiger partial charge in [0.05, 0.1) is 13.7 Å². The molecule has 1 heterocycles. The predicted octanol–water partition coefficient (Wildman–Crippen LogP) is 2.75. The molecule has 0 unspecified atom stereocenters. The highest BCUT2D eigenvalue weighted by molar-refractivity contribution is 5.94. The first-order valence-electron chi connectivity index (χ1n) is 7.36. The summed E-state index contributed by atoms with van der Waals surface area (Å²) in [5.74, 6) is 1.41. The number of nitrogens with zero attached hydrogens (tertiary/aromatic N) is 1. The Bertz CT molecular complexity index is 461. The summed E-state index contributed by atoms with van der Waals surface area (Å²) in [4.78, 5) is 14.3. The largest absolute Gasteiger partial charge is 0.497 e. The zero-order valence-corrected chi connectivity index (χ0v) is 12.6. The van der Waals surface area contributed by atoms with Crippen LogP contribution in [0.4, 0.5) is 0 Å². The number of rotatable bonds is 6. The molecule has 0 aliphatic carbocycles. The molecular formula is C17H23NO3. The van der Waals surface area contributed by atoms with Crippen LogP contribution in [0.5, 0.6) is 5.75 Å². The Kier molecular flexibility index (Phi) is 5.81. The van der Waals surface area contributed by atoms with Gasteiger partial charge in [0, 0.05) is 25.3 Å². The highest BCUT2D eigenvalue weighted by Crippen LogP contribution is 2.20. The van der Waals surface area contributed by atoms with Crippen LogP contribution in [-0.2, 0) is 4.74 Å². The lowest BCUT2D eigenvalue weighted by Gasteiger charge is -2.32. The summed E-state index contributed by atoms with van der Waals surface area (Å²) in [6.45, 7) is 6.60. The van der Waals surface area contributed by atoms with Gasteiger partial charge >= 0.3 is 0 Å². The number of likely N-dealkylation sites (tertiary alicyclic amines) is 1. The maximum absolute atomic E-state index is 12.4. The van der Waals surface area contributed by atoms with E-state index in [0.717, 1.165) is 43.9 Å².